The average molecular weight is 397 g/mol. The molecule has 0 radical (unpaired) electrons. The largest absolute Gasteiger partial charge is 0.349 e. The van der Waals surface area contributed by atoms with Crippen molar-refractivity contribution in [3.05, 3.63) is 78.2 Å². The van der Waals surface area contributed by atoms with Crippen molar-refractivity contribution in [3.8, 4) is 11.3 Å². The first-order valence-electron chi connectivity index (χ1n) is 10.3. The van der Waals surface area contributed by atoms with E-state index in [1.807, 2.05) is 53.2 Å². The molecule has 1 fully saturated rings. The van der Waals surface area contributed by atoms with Crippen LogP contribution in [0, 0.1) is 5.92 Å². The minimum atomic E-state index is -0.0672. The normalized spacial score (nSPS) is 14.6. The highest BCUT2D eigenvalue weighted by molar-refractivity contribution is 6.06. The summed E-state index contributed by atoms with van der Waals surface area (Å²) in [6.07, 6.45) is 7.65. The van der Waals surface area contributed by atoms with E-state index in [9.17, 15) is 4.79 Å². The maximum atomic E-state index is 13.2. The van der Waals surface area contributed by atoms with Gasteiger partial charge in [0, 0.05) is 24.0 Å². The van der Waals surface area contributed by atoms with E-state index in [4.69, 9.17) is 4.98 Å². The predicted molar refractivity (Wildman–Crippen MR) is 116 cm³/mol. The summed E-state index contributed by atoms with van der Waals surface area (Å²) in [6.45, 7) is 2.65. The SMILES string of the molecule is C[C@@H](NC(=O)c1cc(-c2ccccc2)nc2c1cnn2Cc1ccncc1)C1CC1. The number of fused-ring (bicyclic) bond motifs is 1. The molecule has 30 heavy (non-hydrogen) atoms. The van der Waals surface area contributed by atoms with Gasteiger partial charge in [-0.3, -0.25) is 9.78 Å². The first-order chi connectivity index (χ1) is 14.7. The molecule has 1 atom stereocenters. The number of nitrogens with one attached hydrogen (secondary N) is 1. The summed E-state index contributed by atoms with van der Waals surface area (Å²) in [7, 11) is 0. The van der Waals surface area contributed by atoms with E-state index in [0.29, 0.717) is 23.7 Å². The molecule has 1 aliphatic carbocycles. The van der Waals surface area contributed by atoms with Gasteiger partial charge in [-0.2, -0.15) is 5.10 Å². The predicted octanol–water partition coefficient (Wildman–Crippen LogP) is 4.07. The highest BCUT2D eigenvalue weighted by Crippen LogP contribution is 2.33. The summed E-state index contributed by atoms with van der Waals surface area (Å²) < 4.78 is 1.85. The molecule has 4 aromatic rings. The number of carbonyl (C=O) groups excluding carboxylic acids is 1. The fraction of sp³-hybridized carbons (Fsp3) is 0.250. The van der Waals surface area contributed by atoms with E-state index in [2.05, 4.69) is 22.3 Å². The summed E-state index contributed by atoms with van der Waals surface area (Å²) in [5.41, 5.74) is 4.14. The monoisotopic (exact) mass is 397 g/mol. The number of rotatable bonds is 6. The van der Waals surface area contributed by atoms with E-state index >= 15 is 0 Å². The van der Waals surface area contributed by atoms with Gasteiger partial charge in [-0.15, -0.1) is 0 Å². The zero-order valence-electron chi connectivity index (χ0n) is 16.8. The van der Waals surface area contributed by atoms with Crippen LogP contribution in [0.15, 0.2) is 67.1 Å². The summed E-state index contributed by atoms with van der Waals surface area (Å²) in [4.78, 5) is 22.1. The van der Waals surface area contributed by atoms with Crippen LogP contribution >= 0.6 is 0 Å². The Labute approximate surface area is 175 Å². The fourth-order valence-electron chi connectivity index (χ4n) is 3.77. The van der Waals surface area contributed by atoms with Gasteiger partial charge in [0.25, 0.3) is 5.91 Å². The van der Waals surface area contributed by atoms with Gasteiger partial charge in [-0.05, 0) is 49.4 Å². The molecule has 0 aliphatic heterocycles. The van der Waals surface area contributed by atoms with Crippen LogP contribution in [0.1, 0.15) is 35.7 Å². The molecule has 6 nitrogen and oxygen atoms in total. The Kier molecular flexibility index (Phi) is 4.75. The lowest BCUT2D eigenvalue weighted by Gasteiger charge is -2.14. The van der Waals surface area contributed by atoms with Crippen LogP contribution < -0.4 is 5.32 Å². The Morgan fingerprint density at radius 3 is 2.67 bits per heavy atom. The van der Waals surface area contributed by atoms with E-state index in [1.54, 1.807) is 18.6 Å². The van der Waals surface area contributed by atoms with Crippen molar-refractivity contribution in [1.29, 1.82) is 0 Å². The van der Waals surface area contributed by atoms with Gasteiger partial charge in [0.05, 0.1) is 29.4 Å². The maximum absolute atomic E-state index is 13.2. The number of pyridine rings is 2. The fourth-order valence-corrected chi connectivity index (χ4v) is 3.77. The van der Waals surface area contributed by atoms with Gasteiger partial charge in [0.15, 0.2) is 5.65 Å². The van der Waals surface area contributed by atoms with Gasteiger partial charge < -0.3 is 5.32 Å². The highest BCUT2D eigenvalue weighted by Gasteiger charge is 2.29. The Morgan fingerprint density at radius 2 is 1.93 bits per heavy atom. The first kappa shape index (κ1) is 18.5. The molecule has 0 unspecified atom stereocenters. The van der Waals surface area contributed by atoms with Crippen LogP contribution in [0.25, 0.3) is 22.3 Å². The number of carbonyl (C=O) groups is 1. The zero-order valence-corrected chi connectivity index (χ0v) is 16.8. The molecule has 1 N–H and O–H groups in total. The second-order valence-corrected chi connectivity index (χ2v) is 7.92. The standard InChI is InChI=1S/C24H23N5O/c1-16(18-7-8-18)27-24(30)20-13-22(19-5-3-2-4-6-19)28-23-21(20)14-26-29(23)15-17-9-11-25-12-10-17/h2-6,9-14,16,18H,7-8,15H2,1H3,(H,27,30)/t16-/m1/s1. The molecule has 0 saturated heterocycles. The molecule has 3 heterocycles. The van der Waals surface area contributed by atoms with Gasteiger partial charge in [0.1, 0.15) is 0 Å². The number of aromatic nitrogens is 4. The average Bonchev–Trinajstić information content (AvgIpc) is 3.57. The third kappa shape index (κ3) is 3.68. The molecule has 1 aliphatic rings. The Bertz CT molecular complexity index is 1180. The maximum Gasteiger partial charge on any atom is 0.252 e. The van der Waals surface area contributed by atoms with E-state index in [1.165, 1.54) is 12.8 Å². The number of amides is 1. The van der Waals surface area contributed by atoms with Crippen LogP contribution in [0.4, 0.5) is 0 Å². The third-order valence-electron chi connectivity index (χ3n) is 5.69. The second-order valence-electron chi connectivity index (χ2n) is 7.92. The minimum absolute atomic E-state index is 0.0672. The molecule has 0 bridgehead atoms. The van der Waals surface area contributed by atoms with Crippen LogP contribution in [0.3, 0.4) is 0 Å². The van der Waals surface area contributed by atoms with Crippen molar-refractivity contribution >= 4 is 16.9 Å². The summed E-state index contributed by atoms with van der Waals surface area (Å²) >= 11 is 0. The van der Waals surface area contributed by atoms with Crippen molar-refractivity contribution in [1.82, 2.24) is 25.1 Å². The van der Waals surface area contributed by atoms with Gasteiger partial charge in [-0.25, -0.2) is 9.67 Å². The van der Waals surface area contributed by atoms with Gasteiger partial charge in [-0.1, -0.05) is 30.3 Å². The molecule has 1 aromatic carbocycles. The Hall–Kier alpha value is -3.54. The van der Waals surface area contributed by atoms with E-state index < -0.39 is 0 Å². The van der Waals surface area contributed by atoms with Crippen LogP contribution in [0.5, 0.6) is 0 Å². The van der Waals surface area contributed by atoms with Crippen LogP contribution in [-0.2, 0) is 6.54 Å². The second kappa shape index (κ2) is 7.71. The molecule has 5 rings (SSSR count). The van der Waals surface area contributed by atoms with Gasteiger partial charge in [0.2, 0.25) is 0 Å². The zero-order chi connectivity index (χ0) is 20.5. The number of benzene rings is 1. The Balaban J connectivity index is 1.59. The summed E-state index contributed by atoms with van der Waals surface area (Å²) in [6, 6.07) is 15.9. The van der Waals surface area contributed by atoms with E-state index in [-0.39, 0.29) is 11.9 Å². The minimum Gasteiger partial charge on any atom is -0.349 e. The molecular formula is C24H23N5O. The first-order valence-corrected chi connectivity index (χ1v) is 10.3. The topological polar surface area (TPSA) is 72.7 Å². The molecule has 3 aromatic heterocycles. The highest BCUT2D eigenvalue weighted by atomic mass is 16.1. The van der Waals surface area contributed by atoms with Crippen LogP contribution in [-0.4, -0.2) is 31.7 Å². The molecule has 1 amide bonds. The molecule has 1 saturated carbocycles. The lowest BCUT2D eigenvalue weighted by atomic mass is 10.1. The number of hydrogen-bond donors (Lipinski definition) is 1. The van der Waals surface area contributed by atoms with Crippen LogP contribution in [0.2, 0.25) is 0 Å². The van der Waals surface area contributed by atoms with Crippen molar-refractivity contribution in [3.63, 3.8) is 0 Å². The summed E-state index contributed by atoms with van der Waals surface area (Å²) in [5, 5.41) is 8.49. The Morgan fingerprint density at radius 1 is 1.17 bits per heavy atom. The van der Waals surface area contributed by atoms with Crippen molar-refractivity contribution in [2.45, 2.75) is 32.4 Å². The third-order valence-corrected chi connectivity index (χ3v) is 5.69. The lowest BCUT2D eigenvalue weighted by molar-refractivity contribution is 0.0937. The van der Waals surface area contributed by atoms with Crippen molar-refractivity contribution < 1.29 is 4.79 Å². The van der Waals surface area contributed by atoms with Crippen molar-refractivity contribution in [2.75, 3.05) is 0 Å². The number of hydrogen-bond acceptors (Lipinski definition) is 4. The number of nitrogens with zero attached hydrogens (tertiary/aromatic N) is 4. The molecule has 0 spiro atoms. The molecular weight excluding hydrogens is 374 g/mol. The van der Waals surface area contributed by atoms with Crippen molar-refractivity contribution in [2.24, 2.45) is 5.92 Å². The smallest absolute Gasteiger partial charge is 0.252 e. The molecule has 6 heteroatoms. The lowest BCUT2D eigenvalue weighted by Crippen LogP contribution is -2.34. The molecule has 150 valence electrons. The summed E-state index contributed by atoms with van der Waals surface area (Å²) in [5.74, 6) is 0.525. The van der Waals surface area contributed by atoms with E-state index in [0.717, 1.165) is 22.2 Å². The van der Waals surface area contributed by atoms with Gasteiger partial charge >= 0.3 is 0 Å². The quantitative estimate of drug-likeness (QED) is 0.532.